The van der Waals surface area contributed by atoms with Gasteiger partial charge in [-0.05, 0) is 19.3 Å². The van der Waals surface area contributed by atoms with Gasteiger partial charge in [-0.1, -0.05) is 39.0 Å². The molecule has 1 fully saturated rings. The van der Waals surface area contributed by atoms with Gasteiger partial charge in [0.25, 0.3) is 0 Å². The summed E-state index contributed by atoms with van der Waals surface area (Å²) in [7, 11) is 0. The normalized spacial score (nSPS) is 27.4. The summed E-state index contributed by atoms with van der Waals surface area (Å²) < 4.78 is 0. The van der Waals surface area contributed by atoms with Crippen LogP contribution in [0.4, 0.5) is 0 Å². The number of hydrogen-bond acceptors (Lipinski definition) is 2. The van der Waals surface area contributed by atoms with E-state index in [9.17, 15) is 4.79 Å². The first-order chi connectivity index (χ1) is 7.81. The number of rotatable bonds is 3. The molecular weight excluding hydrogens is 200 g/mol. The van der Waals surface area contributed by atoms with E-state index < -0.39 is 0 Å². The van der Waals surface area contributed by atoms with Crippen LogP contribution in [0.5, 0.6) is 0 Å². The molecule has 1 N–H and O–H groups in total. The van der Waals surface area contributed by atoms with Crippen molar-refractivity contribution < 1.29 is 4.79 Å². The molecule has 1 saturated carbocycles. The van der Waals surface area contributed by atoms with E-state index in [4.69, 9.17) is 0 Å². The summed E-state index contributed by atoms with van der Waals surface area (Å²) in [5.74, 6) is 1.64. The first-order valence-electron chi connectivity index (χ1n) is 6.70. The predicted molar refractivity (Wildman–Crippen MR) is 65.5 cm³/mol. The standard InChI is InChI=1S/C13H22N2O/c1-2-7-11-13(16)15-12(14-11)10-8-5-3-4-6-9-10/h10-11H,2-9H2,1H3,(H,14,15,16). The fraction of sp³-hybridized carbons (Fsp3) is 0.846. The van der Waals surface area contributed by atoms with Crippen LogP contribution in [0.1, 0.15) is 58.3 Å². The number of hydrogen-bond donors (Lipinski definition) is 1. The van der Waals surface area contributed by atoms with Crippen molar-refractivity contribution >= 4 is 11.7 Å². The summed E-state index contributed by atoms with van der Waals surface area (Å²) in [5, 5.41) is 3.00. The maximum Gasteiger partial charge on any atom is 0.250 e. The van der Waals surface area contributed by atoms with Crippen molar-refractivity contribution in [3.05, 3.63) is 0 Å². The van der Waals surface area contributed by atoms with Crippen LogP contribution < -0.4 is 5.32 Å². The predicted octanol–water partition coefficient (Wildman–Crippen LogP) is 2.65. The summed E-state index contributed by atoms with van der Waals surface area (Å²) in [4.78, 5) is 16.3. The first-order valence-corrected chi connectivity index (χ1v) is 6.70. The number of nitrogens with one attached hydrogen (secondary N) is 1. The molecule has 0 bridgehead atoms. The van der Waals surface area contributed by atoms with Gasteiger partial charge in [-0.2, -0.15) is 0 Å². The van der Waals surface area contributed by atoms with Gasteiger partial charge in [0.1, 0.15) is 11.9 Å². The van der Waals surface area contributed by atoms with Crippen LogP contribution >= 0.6 is 0 Å². The lowest BCUT2D eigenvalue weighted by Gasteiger charge is -2.13. The molecule has 3 heteroatoms. The Morgan fingerprint density at radius 3 is 2.56 bits per heavy atom. The zero-order chi connectivity index (χ0) is 11.4. The average molecular weight is 222 g/mol. The van der Waals surface area contributed by atoms with Gasteiger partial charge in [-0.3, -0.25) is 9.79 Å². The third-order valence-electron chi connectivity index (χ3n) is 3.65. The summed E-state index contributed by atoms with van der Waals surface area (Å²) in [5.41, 5.74) is 0. The van der Waals surface area contributed by atoms with Gasteiger partial charge in [0.2, 0.25) is 5.91 Å². The summed E-state index contributed by atoms with van der Waals surface area (Å²) in [6, 6.07) is -0.0942. The van der Waals surface area contributed by atoms with Crippen molar-refractivity contribution in [3.8, 4) is 0 Å². The van der Waals surface area contributed by atoms with Gasteiger partial charge in [0.05, 0.1) is 0 Å². The highest BCUT2D eigenvalue weighted by Crippen LogP contribution is 2.25. The Labute approximate surface area is 97.7 Å². The highest BCUT2D eigenvalue weighted by molar-refractivity contribution is 6.06. The van der Waals surface area contributed by atoms with Gasteiger partial charge in [0.15, 0.2) is 0 Å². The molecule has 16 heavy (non-hydrogen) atoms. The molecule has 1 heterocycles. The quantitative estimate of drug-likeness (QED) is 0.733. The molecule has 0 aromatic heterocycles. The molecule has 0 aromatic rings. The molecule has 0 radical (unpaired) electrons. The van der Waals surface area contributed by atoms with Gasteiger partial charge in [0, 0.05) is 5.92 Å². The second-order valence-corrected chi connectivity index (χ2v) is 5.00. The third-order valence-corrected chi connectivity index (χ3v) is 3.65. The number of aliphatic imine (C=N–C) groups is 1. The Balaban J connectivity index is 1.98. The first kappa shape index (κ1) is 11.6. The van der Waals surface area contributed by atoms with Crippen molar-refractivity contribution in [1.29, 1.82) is 0 Å². The van der Waals surface area contributed by atoms with Crippen LogP contribution in [0.25, 0.3) is 0 Å². The SMILES string of the molecule is CCCC1N=C(C2CCCCCC2)NC1=O. The second kappa shape index (κ2) is 5.46. The fourth-order valence-electron chi connectivity index (χ4n) is 2.70. The maximum absolute atomic E-state index is 11.7. The fourth-order valence-corrected chi connectivity index (χ4v) is 2.70. The zero-order valence-electron chi connectivity index (χ0n) is 10.2. The molecule has 2 rings (SSSR count). The van der Waals surface area contributed by atoms with E-state index in [0.717, 1.165) is 18.7 Å². The number of carbonyl (C=O) groups is 1. The Kier molecular flexibility index (Phi) is 3.97. The minimum atomic E-state index is -0.0942. The monoisotopic (exact) mass is 222 g/mol. The Bertz CT molecular complexity index is 278. The molecule has 0 spiro atoms. The van der Waals surface area contributed by atoms with E-state index in [0.29, 0.717) is 5.92 Å². The number of amidine groups is 1. The van der Waals surface area contributed by atoms with Crippen LogP contribution in [-0.4, -0.2) is 17.8 Å². The van der Waals surface area contributed by atoms with Crippen LogP contribution in [0, 0.1) is 5.92 Å². The van der Waals surface area contributed by atoms with E-state index >= 15 is 0 Å². The van der Waals surface area contributed by atoms with Crippen molar-refractivity contribution in [1.82, 2.24) is 5.32 Å². The number of amides is 1. The number of nitrogens with zero attached hydrogens (tertiary/aromatic N) is 1. The highest BCUT2D eigenvalue weighted by atomic mass is 16.2. The molecule has 0 saturated heterocycles. The van der Waals surface area contributed by atoms with E-state index in [2.05, 4.69) is 17.2 Å². The molecule has 3 nitrogen and oxygen atoms in total. The van der Waals surface area contributed by atoms with Crippen molar-refractivity contribution in [2.45, 2.75) is 64.3 Å². The van der Waals surface area contributed by atoms with E-state index in [1.54, 1.807) is 0 Å². The van der Waals surface area contributed by atoms with Crippen molar-refractivity contribution in [2.75, 3.05) is 0 Å². The van der Waals surface area contributed by atoms with Gasteiger partial charge in [-0.25, -0.2) is 0 Å². The molecule has 2 aliphatic rings. The lowest BCUT2D eigenvalue weighted by molar-refractivity contribution is -0.120. The Morgan fingerprint density at radius 2 is 1.94 bits per heavy atom. The molecule has 1 unspecified atom stereocenters. The van der Waals surface area contributed by atoms with E-state index in [-0.39, 0.29) is 11.9 Å². The largest absolute Gasteiger partial charge is 0.312 e. The van der Waals surface area contributed by atoms with Crippen LogP contribution in [0.3, 0.4) is 0 Å². The molecule has 1 atom stereocenters. The molecular formula is C13H22N2O. The molecule has 90 valence electrons. The summed E-state index contributed by atoms with van der Waals surface area (Å²) in [6.45, 7) is 2.10. The maximum atomic E-state index is 11.7. The lowest BCUT2D eigenvalue weighted by Crippen LogP contribution is -2.32. The van der Waals surface area contributed by atoms with Crippen molar-refractivity contribution in [2.24, 2.45) is 10.9 Å². The molecule has 1 aliphatic carbocycles. The van der Waals surface area contributed by atoms with Crippen molar-refractivity contribution in [3.63, 3.8) is 0 Å². The minimum absolute atomic E-state index is 0.0942. The number of carbonyl (C=O) groups excluding carboxylic acids is 1. The van der Waals surface area contributed by atoms with Gasteiger partial charge < -0.3 is 5.32 Å². The Morgan fingerprint density at radius 1 is 1.25 bits per heavy atom. The smallest absolute Gasteiger partial charge is 0.250 e. The zero-order valence-corrected chi connectivity index (χ0v) is 10.2. The molecule has 1 amide bonds. The molecule has 0 aromatic carbocycles. The second-order valence-electron chi connectivity index (χ2n) is 5.00. The average Bonchev–Trinajstić information content (AvgIpc) is 2.54. The minimum Gasteiger partial charge on any atom is -0.312 e. The lowest BCUT2D eigenvalue weighted by atomic mass is 9.99. The van der Waals surface area contributed by atoms with Crippen LogP contribution in [-0.2, 0) is 4.79 Å². The topological polar surface area (TPSA) is 41.5 Å². The summed E-state index contributed by atoms with van der Waals surface area (Å²) in [6.07, 6.45) is 9.60. The van der Waals surface area contributed by atoms with Gasteiger partial charge >= 0.3 is 0 Å². The van der Waals surface area contributed by atoms with E-state index in [1.165, 1.54) is 38.5 Å². The highest BCUT2D eigenvalue weighted by Gasteiger charge is 2.29. The van der Waals surface area contributed by atoms with E-state index in [1.807, 2.05) is 0 Å². The van der Waals surface area contributed by atoms with Gasteiger partial charge in [-0.15, -0.1) is 0 Å². The third kappa shape index (κ3) is 2.63. The van der Waals surface area contributed by atoms with Crippen LogP contribution in [0.15, 0.2) is 4.99 Å². The Hall–Kier alpha value is -0.860. The van der Waals surface area contributed by atoms with Crippen LogP contribution in [0.2, 0.25) is 0 Å². The molecule has 1 aliphatic heterocycles. The summed E-state index contributed by atoms with van der Waals surface area (Å²) >= 11 is 0.